The Morgan fingerprint density at radius 1 is 1.19 bits per heavy atom. The summed E-state index contributed by atoms with van der Waals surface area (Å²) < 4.78 is 35.3. The van der Waals surface area contributed by atoms with E-state index >= 15 is 0 Å². The van der Waals surface area contributed by atoms with Crippen molar-refractivity contribution in [2.45, 2.75) is 29.4 Å². The van der Waals surface area contributed by atoms with Gasteiger partial charge in [-0.3, -0.25) is 4.57 Å². The second kappa shape index (κ2) is 7.85. The molecule has 1 aromatic carbocycles. The molecule has 3 aromatic rings. The van der Waals surface area contributed by atoms with Gasteiger partial charge in [0.2, 0.25) is 0 Å². The normalized spacial score (nSPS) is 23.8. The highest BCUT2D eigenvalue weighted by Crippen LogP contribution is 2.32. The van der Waals surface area contributed by atoms with Gasteiger partial charge in [0.1, 0.15) is 36.8 Å². The van der Waals surface area contributed by atoms with Crippen LogP contribution in [0.3, 0.4) is 0 Å². The molecule has 1 saturated heterocycles. The molecule has 0 bridgehead atoms. The van der Waals surface area contributed by atoms with Crippen LogP contribution < -0.4 is 5.73 Å². The minimum atomic E-state index is -3.39. The molecule has 0 spiro atoms. The van der Waals surface area contributed by atoms with Crippen molar-refractivity contribution in [3.63, 3.8) is 0 Å². The molecule has 4 N–H and O–H groups in total. The van der Waals surface area contributed by atoms with Gasteiger partial charge in [-0.15, -0.1) is 0 Å². The number of hydrogen-bond donors (Lipinski definition) is 3. The van der Waals surface area contributed by atoms with Crippen LogP contribution in [0.5, 0.6) is 0 Å². The highest BCUT2D eigenvalue weighted by atomic mass is 32.2. The average molecular weight is 449 g/mol. The molecule has 1 aliphatic heterocycles. The van der Waals surface area contributed by atoms with Gasteiger partial charge in [0, 0.05) is 6.26 Å². The van der Waals surface area contributed by atoms with Crippen molar-refractivity contribution in [3.8, 4) is 0 Å². The van der Waals surface area contributed by atoms with Crippen LogP contribution in [0.4, 0.5) is 5.82 Å². The van der Waals surface area contributed by atoms with Crippen LogP contribution in [0.25, 0.3) is 11.2 Å². The third-order valence-corrected chi connectivity index (χ3v) is 6.02. The summed E-state index contributed by atoms with van der Waals surface area (Å²) in [5.74, 6) is -0.577. The first-order valence-corrected chi connectivity index (χ1v) is 11.0. The number of imidazole rings is 1. The number of nitrogens with two attached hydrogens (primary N) is 1. The summed E-state index contributed by atoms with van der Waals surface area (Å²) in [7, 11) is -3.39. The van der Waals surface area contributed by atoms with E-state index in [2.05, 4.69) is 15.0 Å². The van der Waals surface area contributed by atoms with Crippen molar-refractivity contribution in [1.29, 1.82) is 0 Å². The van der Waals surface area contributed by atoms with Crippen LogP contribution in [0.15, 0.2) is 41.8 Å². The summed E-state index contributed by atoms with van der Waals surface area (Å²) in [6.07, 6.45) is -1.09. The fraction of sp³-hybridized carbons (Fsp3) is 0.333. The standard InChI is InChI=1S/C18H19N5O7S/c1-31(27,28)10-4-2-9(3-5-10)18(26)29-6-11-13(24)14(25)17(30-11)23-8-22-12-15(19)20-7-21-16(12)23/h2-5,7-8,11,13-14,17,24-25H,6H2,1H3,(H2,19,20,21)/t11-,13-,14-,17?/m1/s1. The molecule has 0 aliphatic carbocycles. The molecular weight excluding hydrogens is 430 g/mol. The fourth-order valence-corrected chi connectivity index (χ4v) is 3.86. The Morgan fingerprint density at radius 2 is 1.90 bits per heavy atom. The SMILES string of the molecule is CS(=O)(=O)c1ccc(C(=O)OC[C@H]2OC(n3cnc4c(N)ncnc43)[C@H](O)[C@@H]2O)cc1. The number of aliphatic hydroxyl groups is 2. The summed E-state index contributed by atoms with van der Waals surface area (Å²) in [6, 6.07) is 5.24. The summed E-state index contributed by atoms with van der Waals surface area (Å²) >= 11 is 0. The van der Waals surface area contributed by atoms with Crippen molar-refractivity contribution >= 4 is 32.8 Å². The smallest absolute Gasteiger partial charge is 0.338 e. The lowest BCUT2D eigenvalue weighted by Crippen LogP contribution is -2.34. The average Bonchev–Trinajstić information content (AvgIpc) is 3.28. The van der Waals surface area contributed by atoms with Crippen molar-refractivity contribution in [2.24, 2.45) is 0 Å². The second-order valence-electron chi connectivity index (χ2n) is 7.02. The quantitative estimate of drug-likeness (QED) is 0.419. The largest absolute Gasteiger partial charge is 0.459 e. The maximum Gasteiger partial charge on any atom is 0.338 e. The lowest BCUT2D eigenvalue weighted by molar-refractivity contribution is -0.0565. The lowest BCUT2D eigenvalue weighted by Gasteiger charge is -2.16. The third kappa shape index (κ3) is 3.95. The van der Waals surface area contributed by atoms with E-state index in [1.54, 1.807) is 0 Å². The molecule has 13 heteroatoms. The zero-order chi connectivity index (χ0) is 22.3. The van der Waals surface area contributed by atoms with Crippen molar-refractivity contribution in [2.75, 3.05) is 18.6 Å². The van der Waals surface area contributed by atoms with E-state index in [-0.39, 0.29) is 22.9 Å². The Hall–Kier alpha value is -3.13. The number of carbonyl (C=O) groups is 1. The van der Waals surface area contributed by atoms with Gasteiger partial charge >= 0.3 is 5.97 Å². The van der Waals surface area contributed by atoms with E-state index in [1.807, 2.05) is 0 Å². The molecule has 1 aliphatic rings. The van der Waals surface area contributed by atoms with Gasteiger partial charge in [0.25, 0.3) is 0 Å². The third-order valence-electron chi connectivity index (χ3n) is 4.90. The van der Waals surface area contributed by atoms with Gasteiger partial charge in [0.15, 0.2) is 27.5 Å². The highest BCUT2D eigenvalue weighted by Gasteiger charge is 2.45. The minimum Gasteiger partial charge on any atom is -0.459 e. The number of aromatic nitrogens is 4. The zero-order valence-corrected chi connectivity index (χ0v) is 17.0. The molecule has 4 rings (SSSR count). The van der Waals surface area contributed by atoms with Gasteiger partial charge in [0.05, 0.1) is 16.8 Å². The molecule has 1 unspecified atom stereocenters. The van der Waals surface area contributed by atoms with Gasteiger partial charge in [-0.05, 0) is 24.3 Å². The highest BCUT2D eigenvalue weighted by molar-refractivity contribution is 7.90. The maximum atomic E-state index is 12.3. The molecule has 0 amide bonds. The molecule has 2 aromatic heterocycles. The predicted octanol–water partition coefficient (Wildman–Crippen LogP) is -0.712. The predicted molar refractivity (Wildman–Crippen MR) is 105 cm³/mol. The van der Waals surface area contributed by atoms with E-state index in [0.29, 0.717) is 11.2 Å². The lowest BCUT2D eigenvalue weighted by atomic mass is 10.1. The fourth-order valence-electron chi connectivity index (χ4n) is 3.23. The van der Waals surface area contributed by atoms with Gasteiger partial charge in [-0.2, -0.15) is 0 Å². The molecule has 4 atom stereocenters. The number of fused-ring (bicyclic) bond motifs is 1. The van der Waals surface area contributed by atoms with Crippen LogP contribution in [0, 0.1) is 0 Å². The summed E-state index contributed by atoms with van der Waals surface area (Å²) in [6.45, 7) is -0.342. The molecule has 31 heavy (non-hydrogen) atoms. The Morgan fingerprint density at radius 3 is 2.58 bits per heavy atom. The first-order chi connectivity index (χ1) is 14.7. The number of nitrogen functional groups attached to an aromatic ring is 1. The molecule has 1 fully saturated rings. The number of nitrogens with zero attached hydrogens (tertiary/aromatic N) is 4. The van der Waals surface area contributed by atoms with Crippen molar-refractivity contribution < 1.29 is 32.9 Å². The Bertz CT molecular complexity index is 1230. The number of hydrogen-bond acceptors (Lipinski definition) is 11. The van der Waals surface area contributed by atoms with Gasteiger partial charge in [-0.1, -0.05) is 0 Å². The van der Waals surface area contributed by atoms with Crippen LogP contribution in [0.2, 0.25) is 0 Å². The second-order valence-corrected chi connectivity index (χ2v) is 9.04. The number of ether oxygens (including phenoxy) is 2. The number of aliphatic hydroxyl groups excluding tert-OH is 2. The van der Waals surface area contributed by atoms with Crippen molar-refractivity contribution in [1.82, 2.24) is 19.5 Å². The summed E-state index contributed by atoms with van der Waals surface area (Å²) in [4.78, 5) is 24.3. The summed E-state index contributed by atoms with van der Waals surface area (Å²) in [5, 5.41) is 20.8. The Balaban J connectivity index is 1.45. The number of sulfone groups is 1. The summed E-state index contributed by atoms with van der Waals surface area (Å²) in [5.41, 5.74) is 6.52. The van der Waals surface area contributed by atoms with E-state index < -0.39 is 40.3 Å². The number of benzene rings is 1. The molecule has 164 valence electrons. The Kier molecular flexibility index (Phi) is 5.35. The first-order valence-electron chi connectivity index (χ1n) is 9.08. The molecule has 3 heterocycles. The van der Waals surface area contributed by atoms with Crippen LogP contribution >= 0.6 is 0 Å². The number of rotatable bonds is 5. The zero-order valence-electron chi connectivity index (χ0n) is 16.2. The van der Waals surface area contributed by atoms with E-state index in [4.69, 9.17) is 15.2 Å². The monoisotopic (exact) mass is 449 g/mol. The number of anilines is 1. The topological polar surface area (TPSA) is 180 Å². The first kappa shape index (κ1) is 21.1. The molecular formula is C18H19N5O7S. The minimum absolute atomic E-state index is 0.0709. The van der Waals surface area contributed by atoms with Crippen LogP contribution in [-0.4, -0.2) is 75.3 Å². The van der Waals surface area contributed by atoms with Crippen LogP contribution in [0.1, 0.15) is 16.6 Å². The van der Waals surface area contributed by atoms with E-state index in [9.17, 15) is 23.4 Å². The number of carbonyl (C=O) groups excluding carboxylic acids is 1. The Labute approximate surface area is 176 Å². The molecule has 0 radical (unpaired) electrons. The van der Waals surface area contributed by atoms with Crippen molar-refractivity contribution in [3.05, 3.63) is 42.5 Å². The van der Waals surface area contributed by atoms with E-state index in [1.165, 1.54) is 41.5 Å². The number of esters is 1. The van der Waals surface area contributed by atoms with E-state index in [0.717, 1.165) is 6.26 Å². The van der Waals surface area contributed by atoms with Gasteiger partial charge < -0.3 is 25.4 Å². The maximum absolute atomic E-state index is 12.3. The molecule has 12 nitrogen and oxygen atoms in total. The van der Waals surface area contributed by atoms with Gasteiger partial charge in [-0.25, -0.2) is 28.2 Å². The van der Waals surface area contributed by atoms with Crippen LogP contribution in [-0.2, 0) is 19.3 Å². The molecule has 0 saturated carbocycles.